The van der Waals surface area contributed by atoms with Gasteiger partial charge in [-0.2, -0.15) is 0 Å². The van der Waals surface area contributed by atoms with Crippen molar-refractivity contribution < 1.29 is 14.6 Å². The number of phenolic OH excluding ortho intramolecular Hbond substituents is 1. The number of aryl methyl sites for hydroxylation is 1. The predicted molar refractivity (Wildman–Crippen MR) is 76.3 cm³/mol. The third kappa shape index (κ3) is 2.57. The second kappa shape index (κ2) is 5.30. The molecule has 0 saturated heterocycles. The van der Waals surface area contributed by atoms with Crippen molar-refractivity contribution in [1.82, 2.24) is 10.3 Å². The molecule has 2 aromatic rings. The first-order valence-electron chi connectivity index (χ1n) is 6.40. The molecular weight excluding hydrogens is 276 g/mol. The molecule has 2 heterocycles. The van der Waals surface area contributed by atoms with Crippen molar-refractivity contribution in [3.05, 3.63) is 33.8 Å². The molecule has 3 rings (SSSR count). The summed E-state index contributed by atoms with van der Waals surface area (Å²) in [6.45, 7) is 4.85. The summed E-state index contributed by atoms with van der Waals surface area (Å²) in [6, 6.07) is 3.54. The van der Waals surface area contributed by atoms with E-state index < -0.39 is 0 Å². The largest absolute Gasteiger partial charge is 0.507 e. The molecule has 2 N–H and O–H groups in total. The van der Waals surface area contributed by atoms with Crippen LogP contribution in [0.15, 0.2) is 18.3 Å². The molecule has 20 heavy (non-hydrogen) atoms. The molecule has 106 valence electrons. The zero-order valence-corrected chi connectivity index (χ0v) is 12.2. The molecule has 0 amide bonds. The summed E-state index contributed by atoms with van der Waals surface area (Å²) in [4.78, 5) is 5.55. The summed E-state index contributed by atoms with van der Waals surface area (Å²) in [7, 11) is 0. The van der Waals surface area contributed by atoms with E-state index in [9.17, 15) is 5.11 Å². The van der Waals surface area contributed by atoms with Crippen molar-refractivity contribution in [1.29, 1.82) is 0 Å². The van der Waals surface area contributed by atoms with Crippen molar-refractivity contribution >= 4 is 11.3 Å². The zero-order chi connectivity index (χ0) is 14.1. The fourth-order valence-corrected chi connectivity index (χ4v) is 2.84. The van der Waals surface area contributed by atoms with Crippen LogP contribution in [-0.2, 0) is 6.54 Å². The Morgan fingerprint density at radius 1 is 1.40 bits per heavy atom. The number of rotatable bonds is 4. The molecule has 1 aromatic heterocycles. The summed E-state index contributed by atoms with van der Waals surface area (Å²) in [6.07, 6.45) is 1.87. The highest BCUT2D eigenvalue weighted by atomic mass is 32.1. The van der Waals surface area contributed by atoms with Gasteiger partial charge in [-0.25, -0.2) is 4.98 Å². The van der Waals surface area contributed by atoms with Crippen LogP contribution in [0.3, 0.4) is 0 Å². The van der Waals surface area contributed by atoms with Gasteiger partial charge >= 0.3 is 0 Å². The summed E-state index contributed by atoms with van der Waals surface area (Å²) in [5.41, 5.74) is 0.786. The van der Waals surface area contributed by atoms with Gasteiger partial charge < -0.3 is 19.9 Å². The number of ether oxygens (including phenoxy) is 2. The van der Waals surface area contributed by atoms with Crippen LogP contribution >= 0.6 is 11.3 Å². The van der Waals surface area contributed by atoms with E-state index in [2.05, 4.69) is 17.2 Å². The molecule has 0 spiro atoms. The summed E-state index contributed by atoms with van der Waals surface area (Å²) < 4.78 is 10.5. The Morgan fingerprint density at radius 2 is 2.15 bits per heavy atom. The van der Waals surface area contributed by atoms with Crippen LogP contribution in [0.5, 0.6) is 17.2 Å². The van der Waals surface area contributed by atoms with Gasteiger partial charge in [0.25, 0.3) is 0 Å². The third-order valence-corrected chi connectivity index (χ3v) is 4.28. The Morgan fingerprint density at radius 3 is 2.85 bits per heavy atom. The topological polar surface area (TPSA) is 63.6 Å². The van der Waals surface area contributed by atoms with Gasteiger partial charge in [0.05, 0.1) is 6.04 Å². The molecule has 1 aromatic carbocycles. The number of fused-ring (bicyclic) bond motifs is 1. The Bertz CT molecular complexity index is 627. The monoisotopic (exact) mass is 292 g/mol. The number of benzene rings is 1. The van der Waals surface area contributed by atoms with Crippen molar-refractivity contribution in [2.75, 3.05) is 6.79 Å². The third-order valence-electron chi connectivity index (χ3n) is 3.18. The van der Waals surface area contributed by atoms with Crippen LogP contribution in [0.1, 0.15) is 28.4 Å². The molecule has 0 aliphatic carbocycles. The van der Waals surface area contributed by atoms with Gasteiger partial charge in [0.1, 0.15) is 10.8 Å². The molecule has 6 heteroatoms. The quantitative estimate of drug-likeness (QED) is 0.907. The Labute approximate surface area is 121 Å². The Kier molecular flexibility index (Phi) is 3.50. The smallest absolute Gasteiger partial charge is 0.231 e. The van der Waals surface area contributed by atoms with E-state index in [4.69, 9.17) is 9.47 Å². The minimum Gasteiger partial charge on any atom is -0.507 e. The Balaban J connectivity index is 1.69. The molecule has 1 unspecified atom stereocenters. The lowest BCUT2D eigenvalue weighted by molar-refractivity contribution is 0.174. The normalized spacial score (nSPS) is 14.5. The number of nitrogens with zero attached hydrogens (tertiary/aromatic N) is 1. The van der Waals surface area contributed by atoms with E-state index in [-0.39, 0.29) is 18.6 Å². The first-order valence-corrected chi connectivity index (χ1v) is 7.22. The summed E-state index contributed by atoms with van der Waals surface area (Å²) >= 11 is 1.67. The van der Waals surface area contributed by atoms with Crippen LogP contribution in [-0.4, -0.2) is 16.9 Å². The van der Waals surface area contributed by atoms with Crippen LogP contribution in [0.4, 0.5) is 0 Å². The van der Waals surface area contributed by atoms with Crippen LogP contribution in [0, 0.1) is 6.92 Å². The van der Waals surface area contributed by atoms with Crippen molar-refractivity contribution in [3.8, 4) is 17.2 Å². The maximum absolute atomic E-state index is 9.97. The van der Waals surface area contributed by atoms with Gasteiger partial charge in [0.2, 0.25) is 6.79 Å². The van der Waals surface area contributed by atoms with Gasteiger partial charge in [-0.15, -0.1) is 11.3 Å². The molecule has 1 aliphatic rings. The second-order valence-corrected chi connectivity index (χ2v) is 6.01. The highest BCUT2D eigenvalue weighted by Crippen LogP contribution is 2.37. The number of phenols is 1. The average molecular weight is 292 g/mol. The standard InChI is InChI=1S/C14H16N2O3S/c1-8-5-16-14(20-8)9(2)15-6-10-3-12-13(4-11(10)17)19-7-18-12/h3-5,9,15,17H,6-7H2,1-2H3. The second-order valence-electron chi connectivity index (χ2n) is 4.75. The molecule has 0 saturated carbocycles. The van der Waals surface area contributed by atoms with E-state index >= 15 is 0 Å². The Hall–Kier alpha value is -1.79. The molecule has 1 atom stereocenters. The van der Waals surface area contributed by atoms with E-state index in [1.807, 2.05) is 19.2 Å². The summed E-state index contributed by atoms with van der Waals surface area (Å²) in [5, 5.41) is 14.4. The van der Waals surface area contributed by atoms with E-state index in [0.29, 0.717) is 18.0 Å². The van der Waals surface area contributed by atoms with Gasteiger partial charge in [-0.1, -0.05) is 0 Å². The van der Waals surface area contributed by atoms with Gasteiger partial charge in [-0.3, -0.25) is 0 Å². The lowest BCUT2D eigenvalue weighted by Crippen LogP contribution is -2.17. The minimum absolute atomic E-state index is 0.138. The first kappa shape index (κ1) is 13.2. The first-order chi connectivity index (χ1) is 9.63. The highest BCUT2D eigenvalue weighted by molar-refractivity contribution is 7.11. The van der Waals surface area contributed by atoms with Crippen LogP contribution < -0.4 is 14.8 Å². The SMILES string of the molecule is Cc1cnc(C(C)NCc2cc3c(cc2O)OCO3)s1. The van der Waals surface area contributed by atoms with E-state index in [1.54, 1.807) is 17.4 Å². The maximum atomic E-state index is 9.97. The molecule has 0 bridgehead atoms. The number of aromatic hydroxyl groups is 1. The number of hydrogen-bond donors (Lipinski definition) is 2. The fourth-order valence-electron chi connectivity index (χ4n) is 2.04. The lowest BCUT2D eigenvalue weighted by Gasteiger charge is -2.12. The molecule has 0 fully saturated rings. The molecule has 0 radical (unpaired) electrons. The van der Waals surface area contributed by atoms with Crippen molar-refractivity contribution in [3.63, 3.8) is 0 Å². The highest BCUT2D eigenvalue weighted by Gasteiger charge is 2.17. The van der Waals surface area contributed by atoms with E-state index in [0.717, 1.165) is 10.6 Å². The molecule has 5 nitrogen and oxygen atoms in total. The zero-order valence-electron chi connectivity index (χ0n) is 11.3. The minimum atomic E-state index is 0.138. The van der Waals surface area contributed by atoms with E-state index in [1.165, 1.54) is 4.88 Å². The van der Waals surface area contributed by atoms with Crippen LogP contribution in [0.25, 0.3) is 0 Å². The number of thiazole rings is 1. The van der Waals surface area contributed by atoms with Gasteiger partial charge in [0.15, 0.2) is 11.5 Å². The van der Waals surface area contributed by atoms with Crippen molar-refractivity contribution in [2.45, 2.75) is 26.4 Å². The maximum Gasteiger partial charge on any atom is 0.231 e. The molecular formula is C14H16N2O3S. The summed E-state index contributed by atoms with van der Waals surface area (Å²) in [5.74, 6) is 1.48. The lowest BCUT2D eigenvalue weighted by atomic mass is 10.1. The number of hydrogen-bond acceptors (Lipinski definition) is 6. The fraction of sp³-hybridized carbons (Fsp3) is 0.357. The average Bonchev–Trinajstić information content (AvgIpc) is 3.04. The number of aromatic nitrogens is 1. The van der Waals surface area contributed by atoms with Gasteiger partial charge in [0, 0.05) is 29.2 Å². The van der Waals surface area contributed by atoms with Gasteiger partial charge in [-0.05, 0) is 19.9 Å². The number of nitrogens with one attached hydrogen (secondary N) is 1. The predicted octanol–water partition coefficient (Wildman–Crippen LogP) is 2.74. The van der Waals surface area contributed by atoms with Crippen LogP contribution in [0.2, 0.25) is 0 Å². The van der Waals surface area contributed by atoms with Crippen molar-refractivity contribution in [2.24, 2.45) is 0 Å². The molecule has 1 aliphatic heterocycles.